The molecule has 0 N–H and O–H groups in total. The highest BCUT2D eigenvalue weighted by atomic mass is 14.8. The predicted molar refractivity (Wildman–Crippen MR) is 98.7 cm³/mol. The fourth-order valence-corrected chi connectivity index (χ4v) is 2.49. The van der Waals surface area contributed by atoms with Gasteiger partial charge in [-0.25, -0.2) is 0 Å². The van der Waals surface area contributed by atoms with Crippen molar-refractivity contribution in [3.63, 3.8) is 0 Å². The Morgan fingerprint density at radius 2 is 1.09 bits per heavy atom. The first-order chi connectivity index (χ1) is 11.4. The summed E-state index contributed by atoms with van der Waals surface area (Å²) in [6, 6.07) is 31.0. The van der Waals surface area contributed by atoms with E-state index in [2.05, 4.69) is 66.7 Å². The van der Waals surface area contributed by atoms with Gasteiger partial charge in [-0.3, -0.25) is 4.99 Å². The predicted octanol–water partition coefficient (Wildman–Crippen LogP) is 5.56. The molecule has 0 radical (unpaired) electrons. The van der Waals surface area contributed by atoms with Crippen LogP contribution in [0, 0.1) is 0 Å². The lowest BCUT2D eigenvalue weighted by atomic mass is 9.99. The summed E-state index contributed by atoms with van der Waals surface area (Å²) >= 11 is 0. The molecule has 3 aromatic rings. The lowest BCUT2D eigenvalue weighted by Crippen LogP contribution is -1.97. The number of allylic oxidation sites excluding steroid dienone is 1. The number of aliphatic imine (C=N–C) groups is 1. The molecule has 0 amide bonds. The number of nitrogens with zero attached hydrogens (tertiary/aromatic N) is 1. The van der Waals surface area contributed by atoms with Crippen LogP contribution in [0.25, 0.3) is 6.08 Å². The summed E-state index contributed by atoms with van der Waals surface area (Å²) in [5.74, 6) is 0. The van der Waals surface area contributed by atoms with Crippen LogP contribution in [0.15, 0.2) is 102 Å². The van der Waals surface area contributed by atoms with E-state index in [4.69, 9.17) is 4.99 Å². The molecule has 0 heterocycles. The number of hydrogen-bond donors (Lipinski definition) is 0. The molecular formula is C22H19N. The molecule has 0 spiro atoms. The standard InChI is InChI=1S/C22H19N/c1-4-11-19(12-5-1)13-10-18-23-22(20-14-6-2-7-15-20)21-16-8-3-9-17-21/h1-18,22H/b13-10-,23-18?. The topological polar surface area (TPSA) is 12.4 Å². The van der Waals surface area contributed by atoms with E-state index in [-0.39, 0.29) is 6.04 Å². The van der Waals surface area contributed by atoms with Crippen LogP contribution in [-0.4, -0.2) is 6.21 Å². The lowest BCUT2D eigenvalue weighted by molar-refractivity contribution is 0.879. The first-order valence-corrected chi connectivity index (χ1v) is 7.78. The van der Waals surface area contributed by atoms with Crippen LogP contribution in [0.3, 0.4) is 0 Å². The van der Waals surface area contributed by atoms with E-state index in [0.717, 1.165) is 0 Å². The van der Waals surface area contributed by atoms with Gasteiger partial charge in [0.05, 0.1) is 6.04 Å². The molecule has 0 saturated carbocycles. The second-order valence-corrected chi connectivity index (χ2v) is 5.29. The van der Waals surface area contributed by atoms with Crippen LogP contribution in [-0.2, 0) is 0 Å². The molecule has 0 aliphatic carbocycles. The van der Waals surface area contributed by atoms with Crippen molar-refractivity contribution >= 4 is 12.3 Å². The van der Waals surface area contributed by atoms with Gasteiger partial charge in [0.25, 0.3) is 0 Å². The smallest absolute Gasteiger partial charge is 0.0999 e. The molecule has 0 aromatic heterocycles. The first-order valence-electron chi connectivity index (χ1n) is 7.78. The monoisotopic (exact) mass is 297 g/mol. The molecule has 0 aliphatic heterocycles. The Bertz CT molecular complexity index is 719. The van der Waals surface area contributed by atoms with Crippen molar-refractivity contribution < 1.29 is 0 Å². The Hall–Kier alpha value is -2.93. The van der Waals surface area contributed by atoms with E-state index in [1.807, 2.05) is 42.6 Å². The summed E-state index contributed by atoms with van der Waals surface area (Å²) in [4.78, 5) is 4.77. The van der Waals surface area contributed by atoms with E-state index in [1.54, 1.807) is 0 Å². The Kier molecular flexibility index (Phi) is 5.15. The van der Waals surface area contributed by atoms with E-state index in [1.165, 1.54) is 16.7 Å². The highest BCUT2D eigenvalue weighted by molar-refractivity contribution is 5.78. The zero-order chi connectivity index (χ0) is 15.7. The lowest BCUT2D eigenvalue weighted by Gasteiger charge is -2.12. The molecule has 0 atom stereocenters. The average molecular weight is 297 g/mol. The Morgan fingerprint density at radius 1 is 0.609 bits per heavy atom. The molecule has 0 saturated heterocycles. The van der Waals surface area contributed by atoms with Gasteiger partial charge in [0.2, 0.25) is 0 Å². The van der Waals surface area contributed by atoms with Gasteiger partial charge in [0.15, 0.2) is 0 Å². The van der Waals surface area contributed by atoms with Gasteiger partial charge in [-0.1, -0.05) is 97.1 Å². The van der Waals surface area contributed by atoms with E-state index in [9.17, 15) is 0 Å². The van der Waals surface area contributed by atoms with Gasteiger partial charge in [-0.05, 0) is 22.8 Å². The summed E-state index contributed by atoms with van der Waals surface area (Å²) < 4.78 is 0. The molecule has 0 bridgehead atoms. The summed E-state index contributed by atoms with van der Waals surface area (Å²) in [6.07, 6.45) is 5.95. The maximum absolute atomic E-state index is 4.77. The molecule has 23 heavy (non-hydrogen) atoms. The van der Waals surface area contributed by atoms with Crippen LogP contribution >= 0.6 is 0 Å². The van der Waals surface area contributed by atoms with Crippen LogP contribution < -0.4 is 0 Å². The molecule has 3 rings (SSSR count). The van der Waals surface area contributed by atoms with E-state index >= 15 is 0 Å². The molecule has 1 heteroatoms. The first kappa shape index (κ1) is 15.0. The van der Waals surface area contributed by atoms with Gasteiger partial charge in [0, 0.05) is 6.21 Å². The molecule has 0 aliphatic rings. The van der Waals surface area contributed by atoms with Crippen molar-refractivity contribution in [3.05, 3.63) is 114 Å². The SMILES string of the molecule is C(/C=C\c1ccccc1)=NC(c1ccccc1)c1ccccc1. The number of hydrogen-bond acceptors (Lipinski definition) is 1. The fraction of sp³-hybridized carbons (Fsp3) is 0.0455. The summed E-state index contributed by atoms with van der Waals surface area (Å²) in [7, 11) is 0. The van der Waals surface area contributed by atoms with Crippen molar-refractivity contribution in [2.45, 2.75) is 6.04 Å². The normalized spacial score (nSPS) is 11.5. The number of benzene rings is 3. The second kappa shape index (κ2) is 7.90. The minimum atomic E-state index is 0.0258. The van der Waals surface area contributed by atoms with E-state index in [0.29, 0.717) is 0 Å². The summed E-state index contributed by atoms with van der Waals surface area (Å²) in [6.45, 7) is 0. The van der Waals surface area contributed by atoms with Crippen LogP contribution in [0.2, 0.25) is 0 Å². The number of rotatable bonds is 5. The van der Waals surface area contributed by atoms with Gasteiger partial charge in [-0.2, -0.15) is 0 Å². The Morgan fingerprint density at radius 3 is 1.61 bits per heavy atom. The largest absolute Gasteiger partial charge is 0.280 e. The van der Waals surface area contributed by atoms with Crippen LogP contribution in [0.1, 0.15) is 22.7 Å². The zero-order valence-electron chi connectivity index (χ0n) is 12.9. The molecule has 1 nitrogen and oxygen atoms in total. The van der Waals surface area contributed by atoms with Crippen molar-refractivity contribution in [1.29, 1.82) is 0 Å². The third-order valence-corrected chi connectivity index (χ3v) is 3.64. The average Bonchev–Trinajstić information content (AvgIpc) is 2.64. The van der Waals surface area contributed by atoms with Gasteiger partial charge < -0.3 is 0 Å². The van der Waals surface area contributed by atoms with Crippen LogP contribution in [0.5, 0.6) is 0 Å². The molecule has 0 fully saturated rings. The highest BCUT2D eigenvalue weighted by Crippen LogP contribution is 2.25. The minimum absolute atomic E-state index is 0.0258. The van der Waals surface area contributed by atoms with Gasteiger partial charge in [-0.15, -0.1) is 0 Å². The van der Waals surface area contributed by atoms with Crippen LogP contribution in [0.4, 0.5) is 0 Å². The molecule has 3 aromatic carbocycles. The molecular weight excluding hydrogens is 278 g/mol. The van der Waals surface area contributed by atoms with E-state index < -0.39 is 0 Å². The van der Waals surface area contributed by atoms with Crippen molar-refractivity contribution in [1.82, 2.24) is 0 Å². The van der Waals surface area contributed by atoms with Crippen molar-refractivity contribution in [3.8, 4) is 0 Å². The third kappa shape index (κ3) is 4.27. The van der Waals surface area contributed by atoms with Gasteiger partial charge in [0.1, 0.15) is 0 Å². The Balaban J connectivity index is 1.82. The zero-order valence-corrected chi connectivity index (χ0v) is 12.9. The maximum atomic E-state index is 4.77. The summed E-state index contributed by atoms with van der Waals surface area (Å²) in [5, 5.41) is 0. The van der Waals surface area contributed by atoms with Crippen molar-refractivity contribution in [2.24, 2.45) is 4.99 Å². The molecule has 112 valence electrons. The second-order valence-electron chi connectivity index (χ2n) is 5.29. The highest BCUT2D eigenvalue weighted by Gasteiger charge is 2.10. The fourth-order valence-electron chi connectivity index (χ4n) is 2.49. The third-order valence-electron chi connectivity index (χ3n) is 3.64. The summed E-state index contributed by atoms with van der Waals surface area (Å²) in [5.41, 5.74) is 3.57. The quantitative estimate of drug-likeness (QED) is 0.547. The maximum Gasteiger partial charge on any atom is 0.0999 e. The Labute approximate surface area is 137 Å². The van der Waals surface area contributed by atoms with Crippen molar-refractivity contribution in [2.75, 3.05) is 0 Å². The minimum Gasteiger partial charge on any atom is -0.280 e. The molecule has 0 unspecified atom stereocenters. The van der Waals surface area contributed by atoms with Gasteiger partial charge >= 0.3 is 0 Å².